The fourth-order valence-electron chi connectivity index (χ4n) is 2.85. The first-order valence-electron chi connectivity index (χ1n) is 9.59. The summed E-state index contributed by atoms with van der Waals surface area (Å²) in [6.45, 7) is 3.94. The molecule has 2 atom stereocenters. The van der Waals surface area contributed by atoms with E-state index in [2.05, 4.69) is 15.3 Å². The molecule has 2 aromatic rings. The molecule has 1 aromatic heterocycles. The first-order chi connectivity index (χ1) is 13.8. The molecule has 156 valence electrons. The molecule has 29 heavy (non-hydrogen) atoms. The van der Waals surface area contributed by atoms with Gasteiger partial charge in [0.15, 0.2) is 0 Å². The highest BCUT2D eigenvalue weighted by Gasteiger charge is 2.40. The van der Waals surface area contributed by atoms with Crippen LogP contribution in [0.2, 0.25) is 0 Å². The van der Waals surface area contributed by atoms with Crippen LogP contribution in [0.15, 0.2) is 30.5 Å². The third-order valence-corrected chi connectivity index (χ3v) is 5.01. The average molecular weight is 403 g/mol. The lowest BCUT2D eigenvalue weighted by Crippen LogP contribution is -2.42. The third kappa shape index (κ3) is 5.48. The molecule has 1 unspecified atom stereocenters. The number of halogens is 1. The van der Waals surface area contributed by atoms with Crippen LogP contribution < -0.4 is 10.1 Å². The Bertz CT molecular complexity index is 854. The van der Waals surface area contributed by atoms with Crippen molar-refractivity contribution in [3.05, 3.63) is 42.0 Å². The van der Waals surface area contributed by atoms with E-state index in [9.17, 15) is 14.3 Å². The smallest absolute Gasteiger partial charge is 0.271 e. The Kier molecular flexibility index (Phi) is 6.44. The number of aromatic nitrogens is 2. The Labute approximate surface area is 169 Å². The van der Waals surface area contributed by atoms with E-state index < -0.39 is 11.5 Å². The molecule has 8 heteroatoms. The molecule has 0 bridgehead atoms. The van der Waals surface area contributed by atoms with Gasteiger partial charge in [-0.15, -0.1) is 0 Å². The van der Waals surface area contributed by atoms with Crippen molar-refractivity contribution in [1.82, 2.24) is 15.3 Å². The number of nitrogens with zero attached hydrogens (tertiary/aromatic N) is 2. The van der Waals surface area contributed by atoms with Gasteiger partial charge in [-0.1, -0.05) is 0 Å². The van der Waals surface area contributed by atoms with Gasteiger partial charge in [0.2, 0.25) is 5.88 Å². The highest BCUT2D eigenvalue weighted by molar-refractivity contribution is 5.92. The van der Waals surface area contributed by atoms with Gasteiger partial charge < -0.3 is 19.9 Å². The second-order valence-electron chi connectivity index (χ2n) is 7.59. The second kappa shape index (κ2) is 8.84. The van der Waals surface area contributed by atoms with Crippen LogP contribution in [0.3, 0.4) is 0 Å². The number of aliphatic hydroxyl groups is 1. The summed E-state index contributed by atoms with van der Waals surface area (Å²) in [4.78, 5) is 21.2. The molecule has 7 nitrogen and oxygen atoms in total. The van der Waals surface area contributed by atoms with Crippen LogP contribution in [-0.2, 0) is 4.74 Å². The number of hydrogen-bond acceptors (Lipinski definition) is 6. The molecule has 0 saturated heterocycles. The molecule has 1 amide bonds. The van der Waals surface area contributed by atoms with E-state index in [4.69, 9.17) is 9.47 Å². The van der Waals surface area contributed by atoms with E-state index in [1.165, 1.54) is 18.3 Å². The molecule has 1 aliphatic carbocycles. The summed E-state index contributed by atoms with van der Waals surface area (Å²) in [5.41, 5.74) is 0.0407. The van der Waals surface area contributed by atoms with Crippen molar-refractivity contribution in [2.45, 2.75) is 38.4 Å². The van der Waals surface area contributed by atoms with E-state index >= 15 is 0 Å². The lowest BCUT2D eigenvalue weighted by molar-refractivity contribution is 0.0353. The fourth-order valence-corrected chi connectivity index (χ4v) is 2.85. The quantitative estimate of drug-likeness (QED) is 0.669. The first-order valence-corrected chi connectivity index (χ1v) is 9.59. The van der Waals surface area contributed by atoms with Crippen LogP contribution in [-0.4, -0.2) is 52.9 Å². The Balaban J connectivity index is 1.81. The minimum Gasteiger partial charge on any atom is -0.473 e. The normalized spacial score (nSPS) is 16.7. The number of ether oxygens (including phenoxy) is 2. The highest BCUT2D eigenvalue weighted by Crippen LogP contribution is 2.39. The predicted molar refractivity (Wildman–Crippen MR) is 105 cm³/mol. The number of nitrogens with one attached hydrogen (secondary N) is 1. The molecule has 1 heterocycles. The van der Waals surface area contributed by atoms with Crippen molar-refractivity contribution in [3.8, 4) is 17.1 Å². The number of benzene rings is 1. The van der Waals surface area contributed by atoms with Crippen LogP contribution in [0.1, 0.15) is 37.2 Å². The number of carbonyl (C=O) groups excluding carboxylic acids is 1. The van der Waals surface area contributed by atoms with Crippen molar-refractivity contribution in [2.24, 2.45) is 5.92 Å². The van der Waals surface area contributed by atoms with Gasteiger partial charge in [-0.05, 0) is 56.9 Å². The zero-order valence-corrected chi connectivity index (χ0v) is 16.8. The van der Waals surface area contributed by atoms with Gasteiger partial charge in [-0.25, -0.2) is 14.4 Å². The Morgan fingerprint density at radius 1 is 1.38 bits per heavy atom. The molecule has 0 spiro atoms. The minimum atomic E-state index is -0.942. The Morgan fingerprint density at radius 2 is 2.07 bits per heavy atom. The standard InChI is InChI=1S/C21H26FN3O4/c1-13(28-3)11-29-20-18(14-4-8-16(22)9-5-14)25-17(10-23-20)19(26)24-12-21(2,27)15-6-7-15/h4-5,8-10,13,15,27H,6-7,11-12H2,1-3H3,(H,24,26)/t13-,21?/m1/s1. The van der Waals surface area contributed by atoms with Gasteiger partial charge in [0.25, 0.3) is 5.91 Å². The molecule has 0 radical (unpaired) electrons. The van der Waals surface area contributed by atoms with E-state index in [0.29, 0.717) is 11.3 Å². The summed E-state index contributed by atoms with van der Waals surface area (Å²) in [5, 5.41) is 13.1. The largest absolute Gasteiger partial charge is 0.473 e. The second-order valence-corrected chi connectivity index (χ2v) is 7.59. The molecule has 1 aliphatic rings. The maximum absolute atomic E-state index is 13.3. The molecule has 2 N–H and O–H groups in total. The van der Waals surface area contributed by atoms with E-state index in [1.807, 2.05) is 6.92 Å². The van der Waals surface area contributed by atoms with Gasteiger partial charge in [0, 0.05) is 19.2 Å². The van der Waals surface area contributed by atoms with Gasteiger partial charge >= 0.3 is 0 Å². The summed E-state index contributed by atoms with van der Waals surface area (Å²) in [7, 11) is 1.57. The van der Waals surface area contributed by atoms with Gasteiger partial charge in [0.1, 0.15) is 23.8 Å². The van der Waals surface area contributed by atoms with Crippen molar-refractivity contribution in [1.29, 1.82) is 0 Å². The first kappa shape index (κ1) is 21.1. The summed E-state index contributed by atoms with van der Waals surface area (Å²) < 4.78 is 24.2. The SMILES string of the molecule is CO[C@H](C)COc1ncc(C(=O)NCC(C)(O)C2CC2)nc1-c1ccc(F)cc1. The molecule has 1 fully saturated rings. The number of rotatable bonds is 9. The van der Waals surface area contributed by atoms with Crippen molar-refractivity contribution < 1.29 is 23.8 Å². The lowest BCUT2D eigenvalue weighted by atomic mass is 10.0. The van der Waals surface area contributed by atoms with Crippen LogP contribution in [0, 0.1) is 11.7 Å². The van der Waals surface area contributed by atoms with Crippen LogP contribution in [0.4, 0.5) is 4.39 Å². The van der Waals surface area contributed by atoms with Gasteiger partial charge in [-0.2, -0.15) is 0 Å². The van der Waals surface area contributed by atoms with Crippen LogP contribution in [0.25, 0.3) is 11.3 Å². The van der Waals surface area contributed by atoms with Crippen molar-refractivity contribution >= 4 is 5.91 Å². The minimum absolute atomic E-state index is 0.0862. The predicted octanol–water partition coefficient (Wildman–Crippen LogP) is 2.59. The summed E-state index contributed by atoms with van der Waals surface area (Å²) in [6.07, 6.45) is 3.08. The van der Waals surface area contributed by atoms with E-state index in [1.54, 1.807) is 26.2 Å². The molecule has 1 saturated carbocycles. The molecular formula is C21H26FN3O4. The number of amides is 1. The highest BCUT2D eigenvalue weighted by atomic mass is 19.1. The number of carbonyl (C=O) groups is 1. The maximum Gasteiger partial charge on any atom is 0.271 e. The molecule has 0 aliphatic heterocycles. The zero-order chi connectivity index (χ0) is 21.0. The van der Waals surface area contributed by atoms with E-state index in [-0.39, 0.29) is 42.6 Å². The number of hydrogen-bond donors (Lipinski definition) is 2. The fraction of sp³-hybridized carbons (Fsp3) is 0.476. The van der Waals surface area contributed by atoms with E-state index in [0.717, 1.165) is 12.8 Å². The summed E-state index contributed by atoms with van der Waals surface area (Å²) in [5.74, 6) is -0.392. The van der Waals surface area contributed by atoms with Gasteiger partial charge in [-0.3, -0.25) is 4.79 Å². The van der Waals surface area contributed by atoms with Crippen molar-refractivity contribution in [3.63, 3.8) is 0 Å². The zero-order valence-electron chi connectivity index (χ0n) is 16.8. The van der Waals surface area contributed by atoms with Crippen LogP contribution >= 0.6 is 0 Å². The Morgan fingerprint density at radius 3 is 2.69 bits per heavy atom. The van der Waals surface area contributed by atoms with Gasteiger partial charge in [0.05, 0.1) is 17.9 Å². The lowest BCUT2D eigenvalue weighted by Gasteiger charge is -2.23. The third-order valence-electron chi connectivity index (χ3n) is 5.01. The molecule has 3 rings (SSSR count). The topological polar surface area (TPSA) is 93.6 Å². The number of methoxy groups -OCH3 is 1. The molecular weight excluding hydrogens is 377 g/mol. The Hall–Kier alpha value is -2.58. The summed E-state index contributed by atoms with van der Waals surface area (Å²) >= 11 is 0. The van der Waals surface area contributed by atoms with Crippen molar-refractivity contribution in [2.75, 3.05) is 20.3 Å². The average Bonchev–Trinajstić information content (AvgIpc) is 3.57. The van der Waals surface area contributed by atoms with Crippen LogP contribution in [0.5, 0.6) is 5.88 Å². The summed E-state index contributed by atoms with van der Waals surface area (Å²) in [6, 6.07) is 5.70. The molecule has 1 aromatic carbocycles. The maximum atomic E-state index is 13.3. The monoisotopic (exact) mass is 403 g/mol.